The average molecular weight is 378 g/mol. The first-order valence-corrected chi connectivity index (χ1v) is 8.70. The first-order chi connectivity index (χ1) is 13.6. The largest absolute Gasteiger partial charge is 0.467 e. The van der Waals surface area contributed by atoms with Gasteiger partial charge in [0.2, 0.25) is 6.79 Å². The Morgan fingerprint density at radius 2 is 1.82 bits per heavy atom. The van der Waals surface area contributed by atoms with Crippen molar-refractivity contribution in [1.29, 1.82) is 0 Å². The molecule has 0 bridgehead atoms. The summed E-state index contributed by atoms with van der Waals surface area (Å²) in [6.07, 6.45) is 1.55. The van der Waals surface area contributed by atoms with Crippen molar-refractivity contribution >= 4 is 17.5 Å². The van der Waals surface area contributed by atoms with E-state index in [0.717, 1.165) is 0 Å². The maximum absolute atomic E-state index is 12.9. The van der Waals surface area contributed by atoms with E-state index in [1.165, 1.54) is 4.90 Å². The summed E-state index contributed by atoms with van der Waals surface area (Å²) in [5.41, 5.74) is 1.48. The number of ether oxygens (including phenoxy) is 2. The van der Waals surface area contributed by atoms with Gasteiger partial charge in [0.1, 0.15) is 5.76 Å². The number of furan rings is 1. The second-order valence-electron chi connectivity index (χ2n) is 6.24. The van der Waals surface area contributed by atoms with E-state index in [1.54, 1.807) is 67.9 Å². The van der Waals surface area contributed by atoms with Gasteiger partial charge in [-0.3, -0.25) is 9.59 Å². The highest BCUT2D eigenvalue weighted by molar-refractivity contribution is 6.07. The van der Waals surface area contributed by atoms with Crippen LogP contribution in [0.3, 0.4) is 0 Å². The zero-order valence-corrected chi connectivity index (χ0v) is 15.2. The van der Waals surface area contributed by atoms with E-state index >= 15 is 0 Å². The highest BCUT2D eigenvalue weighted by atomic mass is 16.7. The Balaban J connectivity index is 1.48. The maximum Gasteiger partial charge on any atom is 0.258 e. The van der Waals surface area contributed by atoms with Crippen LogP contribution in [-0.2, 0) is 6.54 Å². The minimum Gasteiger partial charge on any atom is -0.467 e. The second-order valence-corrected chi connectivity index (χ2v) is 6.24. The molecule has 1 aromatic heterocycles. The normalized spacial score (nSPS) is 11.9. The molecule has 1 N–H and O–H groups in total. The number of amides is 2. The fourth-order valence-corrected chi connectivity index (χ4v) is 2.88. The minimum absolute atomic E-state index is 0.172. The van der Waals surface area contributed by atoms with Gasteiger partial charge >= 0.3 is 0 Å². The van der Waals surface area contributed by atoms with E-state index < -0.39 is 0 Å². The van der Waals surface area contributed by atoms with E-state index in [-0.39, 0.29) is 25.2 Å². The molecule has 4 rings (SSSR count). The fourth-order valence-electron chi connectivity index (χ4n) is 2.88. The molecule has 0 fully saturated rings. The number of rotatable bonds is 5. The monoisotopic (exact) mass is 378 g/mol. The SMILES string of the molecule is CN(C(=O)c1cccc(C(=O)NCc2ccco2)c1)c1ccc2c(c1)OCO2. The van der Waals surface area contributed by atoms with Crippen LogP contribution in [0, 0.1) is 0 Å². The van der Waals surface area contributed by atoms with Crippen molar-refractivity contribution in [3.63, 3.8) is 0 Å². The molecule has 28 heavy (non-hydrogen) atoms. The first-order valence-electron chi connectivity index (χ1n) is 8.70. The van der Waals surface area contributed by atoms with E-state index in [1.807, 2.05) is 0 Å². The van der Waals surface area contributed by atoms with Crippen molar-refractivity contribution in [2.24, 2.45) is 0 Å². The summed E-state index contributed by atoms with van der Waals surface area (Å²) < 4.78 is 15.9. The predicted octanol–water partition coefficient (Wildman–Crippen LogP) is 3.21. The lowest BCUT2D eigenvalue weighted by molar-refractivity contribution is 0.0948. The number of hydrogen-bond donors (Lipinski definition) is 1. The maximum atomic E-state index is 12.9. The number of hydrogen-bond acceptors (Lipinski definition) is 5. The van der Waals surface area contributed by atoms with Crippen LogP contribution < -0.4 is 19.7 Å². The van der Waals surface area contributed by atoms with Gasteiger partial charge < -0.3 is 24.1 Å². The van der Waals surface area contributed by atoms with Gasteiger partial charge in [-0.05, 0) is 42.5 Å². The van der Waals surface area contributed by atoms with Crippen LogP contribution in [0.4, 0.5) is 5.69 Å². The van der Waals surface area contributed by atoms with E-state index in [9.17, 15) is 9.59 Å². The van der Waals surface area contributed by atoms with Crippen LogP contribution in [0.2, 0.25) is 0 Å². The Morgan fingerprint density at radius 3 is 2.64 bits per heavy atom. The number of carbonyl (C=O) groups excluding carboxylic acids is 2. The molecule has 3 aromatic rings. The molecule has 142 valence electrons. The lowest BCUT2D eigenvalue weighted by atomic mass is 10.1. The molecule has 1 aliphatic heterocycles. The summed E-state index contributed by atoms with van der Waals surface area (Å²) in [6, 6.07) is 15.4. The van der Waals surface area contributed by atoms with Crippen molar-refractivity contribution in [1.82, 2.24) is 5.32 Å². The summed E-state index contributed by atoms with van der Waals surface area (Å²) in [7, 11) is 1.67. The van der Waals surface area contributed by atoms with Crippen LogP contribution in [0.15, 0.2) is 65.3 Å². The molecule has 0 radical (unpaired) electrons. The number of nitrogens with one attached hydrogen (secondary N) is 1. The zero-order chi connectivity index (χ0) is 19.5. The number of fused-ring (bicyclic) bond motifs is 1. The molecule has 0 unspecified atom stereocenters. The van der Waals surface area contributed by atoms with Gasteiger partial charge in [-0.1, -0.05) is 6.07 Å². The molecule has 7 heteroatoms. The van der Waals surface area contributed by atoms with Crippen LogP contribution in [0.5, 0.6) is 11.5 Å². The highest BCUT2D eigenvalue weighted by Crippen LogP contribution is 2.35. The fraction of sp³-hybridized carbons (Fsp3) is 0.143. The molecule has 0 saturated heterocycles. The van der Waals surface area contributed by atoms with E-state index in [0.29, 0.717) is 34.1 Å². The standard InChI is InChI=1S/C21H18N2O5/c1-23(16-7-8-18-19(11-16)28-13-27-18)21(25)15-5-2-4-14(10-15)20(24)22-12-17-6-3-9-26-17/h2-11H,12-13H2,1H3,(H,22,24). The van der Waals surface area contributed by atoms with Crippen molar-refractivity contribution in [2.75, 3.05) is 18.7 Å². The molecule has 2 aromatic carbocycles. The molecule has 1 aliphatic rings. The van der Waals surface area contributed by atoms with Gasteiger partial charge in [-0.25, -0.2) is 0 Å². The van der Waals surface area contributed by atoms with Gasteiger partial charge in [0.25, 0.3) is 11.8 Å². The summed E-state index contributed by atoms with van der Waals surface area (Å²) in [6.45, 7) is 0.451. The Kier molecular flexibility index (Phi) is 4.72. The topological polar surface area (TPSA) is 81.0 Å². The quantitative estimate of drug-likeness (QED) is 0.737. The van der Waals surface area contributed by atoms with Crippen LogP contribution >= 0.6 is 0 Å². The average Bonchev–Trinajstić information content (AvgIpc) is 3.42. The van der Waals surface area contributed by atoms with E-state index in [2.05, 4.69) is 5.32 Å². The highest BCUT2D eigenvalue weighted by Gasteiger charge is 2.19. The summed E-state index contributed by atoms with van der Waals surface area (Å²) in [5.74, 6) is 1.39. The smallest absolute Gasteiger partial charge is 0.258 e. The minimum atomic E-state index is -0.281. The predicted molar refractivity (Wildman–Crippen MR) is 102 cm³/mol. The Hall–Kier alpha value is -3.74. The molecule has 0 saturated carbocycles. The van der Waals surface area contributed by atoms with Gasteiger partial charge in [-0.15, -0.1) is 0 Å². The lowest BCUT2D eigenvalue weighted by Gasteiger charge is -2.18. The number of benzene rings is 2. The first kappa shape index (κ1) is 17.7. The van der Waals surface area contributed by atoms with Gasteiger partial charge in [0, 0.05) is 29.9 Å². The number of nitrogens with zero attached hydrogens (tertiary/aromatic N) is 1. The third-order valence-electron chi connectivity index (χ3n) is 4.42. The third kappa shape index (κ3) is 3.55. The Morgan fingerprint density at radius 1 is 1.00 bits per heavy atom. The molecule has 0 aliphatic carbocycles. The molecule has 0 atom stereocenters. The summed E-state index contributed by atoms with van der Waals surface area (Å²) in [5, 5.41) is 2.77. The summed E-state index contributed by atoms with van der Waals surface area (Å²) >= 11 is 0. The lowest BCUT2D eigenvalue weighted by Crippen LogP contribution is -2.27. The molecule has 7 nitrogen and oxygen atoms in total. The van der Waals surface area contributed by atoms with Gasteiger partial charge in [-0.2, -0.15) is 0 Å². The van der Waals surface area contributed by atoms with Crippen molar-refractivity contribution in [3.8, 4) is 11.5 Å². The summed E-state index contributed by atoms with van der Waals surface area (Å²) in [4.78, 5) is 26.7. The van der Waals surface area contributed by atoms with Crippen LogP contribution in [-0.4, -0.2) is 25.7 Å². The molecule has 0 spiro atoms. The molecular formula is C21H18N2O5. The van der Waals surface area contributed by atoms with Crippen molar-refractivity contribution in [2.45, 2.75) is 6.54 Å². The van der Waals surface area contributed by atoms with Crippen LogP contribution in [0.1, 0.15) is 26.5 Å². The Bertz CT molecular complexity index is 1010. The number of anilines is 1. The van der Waals surface area contributed by atoms with E-state index in [4.69, 9.17) is 13.9 Å². The van der Waals surface area contributed by atoms with Crippen molar-refractivity contribution < 1.29 is 23.5 Å². The molecule has 2 heterocycles. The molecular weight excluding hydrogens is 360 g/mol. The molecule has 2 amide bonds. The third-order valence-corrected chi connectivity index (χ3v) is 4.42. The van der Waals surface area contributed by atoms with Gasteiger partial charge in [0.15, 0.2) is 11.5 Å². The van der Waals surface area contributed by atoms with Gasteiger partial charge in [0.05, 0.1) is 12.8 Å². The Labute approximate surface area is 161 Å². The van der Waals surface area contributed by atoms with Crippen molar-refractivity contribution in [3.05, 3.63) is 77.7 Å². The number of carbonyl (C=O) groups is 2. The second kappa shape index (κ2) is 7.48. The zero-order valence-electron chi connectivity index (χ0n) is 15.2. The van der Waals surface area contributed by atoms with Crippen LogP contribution in [0.25, 0.3) is 0 Å².